The van der Waals surface area contributed by atoms with Gasteiger partial charge in [0, 0.05) is 12.0 Å². The van der Waals surface area contributed by atoms with E-state index >= 15 is 0 Å². The molecule has 7 unspecified atom stereocenters. The summed E-state index contributed by atoms with van der Waals surface area (Å²) in [5, 5.41) is 12.7. The predicted octanol–water partition coefficient (Wildman–Crippen LogP) is 1.95. The van der Waals surface area contributed by atoms with Gasteiger partial charge in [0.25, 0.3) is 0 Å². The first-order chi connectivity index (χ1) is 7.84. The van der Waals surface area contributed by atoms with Crippen LogP contribution in [0.4, 0.5) is 0 Å². The van der Waals surface area contributed by atoms with Gasteiger partial charge in [-0.1, -0.05) is 11.6 Å². The number of hydrogen-bond donors (Lipinski definition) is 0. The van der Waals surface area contributed by atoms with Crippen molar-refractivity contribution in [1.82, 2.24) is 5.23 Å². The minimum atomic E-state index is 0.214. The van der Waals surface area contributed by atoms with Gasteiger partial charge in [0.2, 0.25) is 0 Å². The molecule has 3 nitrogen and oxygen atoms in total. The Balaban J connectivity index is 1.61. The average Bonchev–Trinajstić information content (AvgIpc) is 2.99. The summed E-state index contributed by atoms with van der Waals surface area (Å²) in [7, 11) is 0. The largest absolute Gasteiger partial charge is 0.762 e. The zero-order chi connectivity index (χ0) is 10.4. The van der Waals surface area contributed by atoms with Gasteiger partial charge in [-0.3, -0.25) is 5.23 Å². The van der Waals surface area contributed by atoms with Crippen LogP contribution in [0.3, 0.4) is 0 Å². The van der Waals surface area contributed by atoms with E-state index in [9.17, 15) is 5.21 Å². The first-order valence-corrected chi connectivity index (χ1v) is 6.63. The first kappa shape index (κ1) is 8.67. The van der Waals surface area contributed by atoms with Crippen LogP contribution in [0.1, 0.15) is 19.3 Å². The predicted molar refractivity (Wildman–Crippen MR) is 57.8 cm³/mol. The van der Waals surface area contributed by atoms with Crippen LogP contribution in [-0.4, -0.2) is 17.9 Å². The maximum absolute atomic E-state index is 11.7. The quantitative estimate of drug-likeness (QED) is 0.460. The number of nitrogens with zero attached hydrogens (tertiary/aromatic N) is 1. The van der Waals surface area contributed by atoms with E-state index in [0.717, 1.165) is 28.9 Å². The van der Waals surface area contributed by atoms with Crippen molar-refractivity contribution in [3.63, 3.8) is 0 Å². The van der Waals surface area contributed by atoms with Crippen LogP contribution >= 0.6 is 0 Å². The lowest BCUT2D eigenvalue weighted by atomic mass is 9.68. The maximum Gasteiger partial charge on any atom is 0.0719 e. The van der Waals surface area contributed by atoms with Crippen molar-refractivity contribution in [2.75, 3.05) is 6.61 Å². The molecule has 4 aliphatic carbocycles. The number of hydrogen-bond acceptors (Lipinski definition) is 3. The Hall–Kier alpha value is -0.380. The Morgan fingerprint density at radius 3 is 3.19 bits per heavy atom. The molecular weight excluding hydrogens is 202 g/mol. The third kappa shape index (κ3) is 0.754. The van der Waals surface area contributed by atoms with E-state index < -0.39 is 0 Å². The summed E-state index contributed by atoms with van der Waals surface area (Å²) in [5.74, 6) is 4.53. The monoisotopic (exact) mass is 218 g/mol. The van der Waals surface area contributed by atoms with Gasteiger partial charge in [-0.05, 0) is 48.9 Å². The maximum atomic E-state index is 11.7. The minimum absolute atomic E-state index is 0.214. The summed E-state index contributed by atoms with van der Waals surface area (Å²) in [6.45, 7) is 0.691. The van der Waals surface area contributed by atoms with Crippen LogP contribution < -0.4 is 0 Å². The molecule has 16 heavy (non-hydrogen) atoms. The van der Waals surface area contributed by atoms with E-state index in [1.165, 1.54) is 19.3 Å². The molecule has 1 aliphatic heterocycles. The van der Waals surface area contributed by atoms with Crippen LogP contribution in [0.2, 0.25) is 0 Å². The Labute approximate surface area is 95.0 Å². The summed E-state index contributed by atoms with van der Waals surface area (Å²) in [5.41, 5.74) is 1.74. The molecule has 3 saturated carbocycles. The second kappa shape index (κ2) is 2.55. The van der Waals surface area contributed by atoms with Gasteiger partial charge in [-0.25, -0.2) is 0 Å². The molecule has 1 saturated heterocycles. The van der Waals surface area contributed by atoms with Crippen LogP contribution in [0.25, 0.3) is 0 Å². The van der Waals surface area contributed by atoms with Gasteiger partial charge < -0.3 is 10.0 Å². The van der Waals surface area contributed by atoms with E-state index in [-0.39, 0.29) is 6.04 Å². The molecule has 0 amide bonds. The third-order valence-corrected chi connectivity index (χ3v) is 6.13. The molecule has 4 bridgehead atoms. The highest BCUT2D eigenvalue weighted by atomic mass is 16.9. The molecule has 7 atom stereocenters. The Morgan fingerprint density at radius 2 is 2.25 bits per heavy atom. The molecule has 5 aliphatic rings. The molecule has 0 spiro atoms. The van der Waals surface area contributed by atoms with Crippen molar-refractivity contribution in [3.05, 3.63) is 16.9 Å². The van der Waals surface area contributed by atoms with Crippen molar-refractivity contribution in [2.24, 2.45) is 35.5 Å². The van der Waals surface area contributed by atoms with Gasteiger partial charge in [0.05, 0.1) is 6.61 Å². The molecule has 0 aromatic rings. The number of fused-ring (bicyclic) bond motifs is 12. The van der Waals surface area contributed by atoms with E-state index in [1.807, 2.05) is 0 Å². The van der Waals surface area contributed by atoms with Gasteiger partial charge in [-0.2, -0.15) is 0 Å². The van der Waals surface area contributed by atoms with Crippen LogP contribution in [0.15, 0.2) is 11.6 Å². The van der Waals surface area contributed by atoms with E-state index in [0.29, 0.717) is 18.4 Å². The highest BCUT2D eigenvalue weighted by Crippen LogP contribution is 2.68. The summed E-state index contributed by atoms with van der Waals surface area (Å²) in [6.07, 6.45) is 6.44. The van der Waals surface area contributed by atoms with Gasteiger partial charge >= 0.3 is 0 Å². The highest BCUT2D eigenvalue weighted by Gasteiger charge is 2.65. The van der Waals surface area contributed by atoms with Crippen LogP contribution in [0, 0.1) is 40.7 Å². The Kier molecular flexibility index (Phi) is 1.38. The molecule has 0 radical (unpaired) electrons. The lowest BCUT2D eigenvalue weighted by molar-refractivity contribution is -0.103. The summed E-state index contributed by atoms with van der Waals surface area (Å²) < 4.78 is 0. The second-order valence-electron chi connectivity index (χ2n) is 6.38. The highest BCUT2D eigenvalue weighted by molar-refractivity contribution is 5.30. The lowest BCUT2D eigenvalue weighted by Gasteiger charge is -2.41. The van der Waals surface area contributed by atoms with Gasteiger partial charge in [0.15, 0.2) is 0 Å². The molecule has 0 aromatic carbocycles. The smallest absolute Gasteiger partial charge is 0.0719 e. The summed E-state index contributed by atoms with van der Waals surface area (Å²) >= 11 is 0. The van der Waals surface area contributed by atoms with Gasteiger partial charge in [0.1, 0.15) is 0 Å². The van der Waals surface area contributed by atoms with Crippen LogP contribution in [0.5, 0.6) is 0 Å². The molecular formula is C13H16NO2-. The van der Waals surface area contributed by atoms with Gasteiger partial charge in [-0.15, -0.1) is 0 Å². The molecule has 86 valence electrons. The van der Waals surface area contributed by atoms with Crippen molar-refractivity contribution in [2.45, 2.75) is 25.3 Å². The molecule has 4 fully saturated rings. The standard InChI is InChI=1S/C13H16NO2/c15-14-13-9-4-8(10(13)5-16-14)11-6-1-2-7(3-6)12(9)11/h1,7-13H,2-5H2/q-1. The molecule has 5 rings (SSSR count). The fraction of sp³-hybridized carbons (Fsp3) is 0.846. The van der Waals surface area contributed by atoms with E-state index in [2.05, 4.69) is 6.08 Å². The molecule has 0 N–H and O–H groups in total. The fourth-order valence-corrected chi connectivity index (χ4v) is 5.83. The SMILES string of the molecule is [O-]N1OCC2C3CC(C4C5CC=C(C5)C34)C21. The molecule has 1 heterocycles. The molecule has 3 heteroatoms. The summed E-state index contributed by atoms with van der Waals surface area (Å²) in [6, 6.07) is 0.214. The topological polar surface area (TPSA) is 35.5 Å². The number of hydroxylamine groups is 2. The van der Waals surface area contributed by atoms with Crippen molar-refractivity contribution in [1.29, 1.82) is 0 Å². The van der Waals surface area contributed by atoms with Crippen molar-refractivity contribution >= 4 is 0 Å². The number of allylic oxidation sites excluding steroid dienone is 2. The summed E-state index contributed by atoms with van der Waals surface area (Å²) in [4.78, 5) is 5.22. The minimum Gasteiger partial charge on any atom is -0.762 e. The third-order valence-electron chi connectivity index (χ3n) is 6.13. The lowest BCUT2D eigenvalue weighted by Crippen LogP contribution is -2.42. The van der Waals surface area contributed by atoms with Crippen molar-refractivity contribution < 1.29 is 4.84 Å². The van der Waals surface area contributed by atoms with Crippen molar-refractivity contribution in [3.8, 4) is 0 Å². The number of rotatable bonds is 0. The van der Waals surface area contributed by atoms with E-state index in [1.54, 1.807) is 5.57 Å². The Morgan fingerprint density at radius 1 is 1.31 bits per heavy atom. The fourth-order valence-electron chi connectivity index (χ4n) is 5.83. The van der Waals surface area contributed by atoms with E-state index in [4.69, 9.17) is 4.84 Å². The van der Waals surface area contributed by atoms with Crippen LogP contribution in [-0.2, 0) is 4.84 Å². The zero-order valence-corrected chi connectivity index (χ0v) is 9.21. The second-order valence-corrected chi connectivity index (χ2v) is 6.38. The zero-order valence-electron chi connectivity index (χ0n) is 9.21. The Bertz CT molecular complexity index is 393. The average molecular weight is 218 g/mol. The normalized spacial score (nSPS) is 61.6. The first-order valence-electron chi connectivity index (χ1n) is 6.63. The molecule has 0 aromatic heterocycles.